The van der Waals surface area contributed by atoms with Crippen molar-refractivity contribution >= 4 is 0 Å². The minimum Gasteiger partial charge on any atom is -0.497 e. The number of aromatic nitrogens is 3. The summed E-state index contributed by atoms with van der Waals surface area (Å²) in [6, 6.07) is 11.9. The van der Waals surface area contributed by atoms with E-state index in [0.717, 1.165) is 47.9 Å². The molecule has 6 heteroatoms. The Labute approximate surface area is 165 Å². The summed E-state index contributed by atoms with van der Waals surface area (Å²) < 4.78 is 7.30. The largest absolute Gasteiger partial charge is 0.497 e. The first kappa shape index (κ1) is 18.7. The Bertz CT molecular complexity index is 914. The fourth-order valence-electron chi connectivity index (χ4n) is 3.77. The fraction of sp³-hybridized carbons (Fsp3) is 0.364. The molecule has 1 aromatic carbocycles. The van der Waals surface area contributed by atoms with Gasteiger partial charge in [0.1, 0.15) is 11.4 Å². The third kappa shape index (κ3) is 3.79. The van der Waals surface area contributed by atoms with Crippen LogP contribution in [0.1, 0.15) is 29.7 Å². The molecule has 1 aliphatic heterocycles. The number of piperidine rings is 1. The molecule has 1 N–H and O–H groups in total. The molecule has 1 fully saturated rings. The summed E-state index contributed by atoms with van der Waals surface area (Å²) in [4.78, 5) is 6.82. The number of benzene rings is 1. The van der Waals surface area contributed by atoms with Gasteiger partial charge in [-0.25, -0.2) is 4.68 Å². The third-order valence-corrected chi connectivity index (χ3v) is 5.50. The first-order valence-corrected chi connectivity index (χ1v) is 9.62. The van der Waals surface area contributed by atoms with E-state index in [-0.39, 0.29) is 0 Å². The van der Waals surface area contributed by atoms with E-state index in [9.17, 15) is 5.11 Å². The van der Waals surface area contributed by atoms with Crippen LogP contribution in [0.5, 0.6) is 5.75 Å². The van der Waals surface area contributed by atoms with Gasteiger partial charge in [-0.1, -0.05) is 6.07 Å². The second-order valence-corrected chi connectivity index (χ2v) is 7.47. The molecule has 0 amide bonds. The molecule has 146 valence electrons. The molecule has 0 atom stereocenters. The van der Waals surface area contributed by atoms with Crippen molar-refractivity contribution in [3.63, 3.8) is 0 Å². The summed E-state index contributed by atoms with van der Waals surface area (Å²) in [6.07, 6.45) is 6.90. The van der Waals surface area contributed by atoms with E-state index in [1.54, 1.807) is 13.3 Å². The molecule has 28 heavy (non-hydrogen) atoms. The fourth-order valence-corrected chi connectivity index (χ4v) is 3.77. The quantitative estimate of drug-likeness (QED) is 0.739. The van der Waals surface area contributed by atoms with Gasteiger partial charge in [-0.05, 0) is 61.2 Å². The Hall–Kier alpha value is -2.70. The van der Waals surface area contributed by atoms with Crippen molar-refractivity contribution in [1.82, 2.24) is 19.7 Å². The number of likely N-dealkylation sites (tertiary alicyclic amines) is 1. The zero-order valence-electron chi connectivity index (χ0n) is 16.4. The van der Waals surface area contributed by atoms with Crippen molar-refractivity contribution in [2.75, 3.05) is 20.2 Å². The Morgan fingerprint density at radius 2 is 2.00 bits per heavy atom. The Morgan fingerprint density at radius 1 is 1.18 bits per heavy atom. The summed E-state index contributed by atoms with van der Waals surface area (Å²) >= 11 is 0. The van der Waals surface area contributed by atoms with Crippen LogP contribution < -0.4 is 4.74 Å². The van der Waals surface area contributed by atoms with E-state index in [1.165, 1.54) is 0 Å². The van der Waals surface area contributed by atoms with E-state index >= 15 is 0 Å². The molecule has 4 rings (SSSR count). The first-order chi connectivity index (χ1) is 13.6. The zero-order chi connectivity index (χ0) is 19.6. The topological polar surface area (TPSA) is 63.4 Å². The second-order valence-electron chi connectivity index (χ2n) is 7.47. The number of aliphatic hydroxyl groups is 1. The van der Waals surface area contributed by atoms with Gasteiger partial charge in [-0.2, -0.15) is 5.10 Å². The lowest BCUT2D eigenvalue weighted by molar-refractivity contribution is -0.0311. The van der Waals surface area contributed by atoms with Crippen LogP contribution in [0.4, 0.5) is 0 Å². The van der Waals surface area contributed by atoms with Gasteiger partial charge in [0.2, 0.25) is 0 Å². The standard InChI is InChI=1S/C22H26N4O2/c1-17-4-7-21(23-15-17)22(27)8-12-25(13-9-22)16-18-14-19(28-2)5-6-20(18)26-11-3-10-24-26/h3-7,10-11,14-15,27H,8-9,12-13,16H2,1-2H3. The van der Waals surface area contributed by atoms with Crippen molar-refractivity contribution in [1.29, 1.82) is 0 Å². The van der Waals surface area contributed by atoms with E-state index in [0.29, 0.717) is 12.8 Å². The molecule has 0 unspecified atom stereocenters. The molecule has 0 aliphatic carbocycles. The number of pyridine rings is 1. The summed E-state index contributed by atoms with van der Waals surface area (Å²) in [5.41, 5.74) is 3.24. The van der Waals surface area contributed by atoms with Crippen LogP contribution in [0.25, 0.3) is 5.69 Å². The van der Waals surface area contributed by atoms with Gasteiger partial charge in [0, 0.05) is 38.2 Å². The van der Waals surface area contributed by atoms with Gasteiger partial charge in [-0.15, -0.1) is 0 Å². The molecule has 1 saturated heterocycles. The van der Waals surface area contributed by atoms with E-state index in [4.69, 9.17) is 4.74 Å². The van der Waals surface area contributed by atoms with Gasteiger partial charge >= 0.3 is 0 Å². The smallest absolute Gasteiger partial charge is 0.119 e. The highest BCUT2D eigenvalue weighted by atomic mass is 16.5. The molecule has 6 nitrogen and oxygen atoms in total. The lowest BCUT2D eigenvalue weighted by Crippen LogP contribution is -2.42. The maximum absolute atomic E-state index is 11.1. The first-order valence-electron chi connectivity index (χ1n) is 9.62. The summed E-state index contributed by atoms with van der Waals surface area (Å²) in [5, 5.41) is 15.5. The van der Waals surface area contributed by atoms with Crippen molar-refractivity contribution in [3.8, 4) is 11.4 Å². The molecule has 0 radical (unpaired) electrons. The van der Waals surface area contributed by atoms with Crippen LogP contribution in [0.2, 0.25) is 0 Å². The molecule has 0 bridgehead atoms. The van der Waals surface area contributed by atoms with E-state index < -0.39 is 5.60 Å². The number of hydrogen-bond donors (Lipinski definition) is 1. The predicted octanol–water partition coefficient (Wildman–Crippen LogP) is 3.07. The van der Waals surface area contributed by atoms with Crippen LogP contribution in [0.15, 0.2) is 55.0 Å². The monoisotopic (exact) mass is 378 g/mol. The minimum atomic E-state index is -0.844. The van der Waals surface area contributed by atoms with Crippen molar-refractivity contribution < 1.29 is 9.84 Å². The SMILES string of the molecule is COc1ccc(-n2cccn2)c(CN2CCC(O)(c3ccc(C)cn3)CC2)c1. The van der Waals surface area contributed by atoms with Crippen LogP contribution >= 0.6 is 0 Å². The van der Waals surface area contributed by atoms with Crippen LogP contribution in [0, 0.1) is 6.92 Å². The lowest BCUT2D eigenvalue weighted by atomic mass is 9.87. The number of rotatable bonds is 5. The van der Waals surface area contributed by atoms with Crippen LogP contribution in [-0.4, -0.2) is 45.0 Å². The van der Waals surface area contributed by atoms with Gasteiger partial charge in [0.05, 0.1) is 18.5 Å². The molecule has 3 heterocycles. The number of hydrogen-bond acceptors (Lipinski definition) is 5. The average molecular weight is 378 g/mol. The highest BCUT2D eigenvalue weighted by molar-refractivity contribution is 5.45. The molecule has 0 saturated carbocycles. The maximum atomic E-state index is 11.1. The Kier molecular flexibility index (Phi) is 5.15. The number of aryl methyl sites for hydroxylation is 1. The molecule has 3 aromatic rings. The van der Waals surface area contributed by atoms with Gasteiger partial charge in [0.15, 0.2) is 0 Å². The van der Waals surface area contributed by atoms with Crippen molar-refractivity contribution in [3.05, 3.63) is 71.8 Å². The summed E-state index contributed by atoms with van der Waals surface area (Å²) in [5.74, 6) is 0.836. The van der Waals surface area contributed by atoms with E-state index in [2.05, 4.69) is 21.0 Å². The highest BCUT2D eigenvalue weighted by Crippen LogP contribution is 2.33. The zero-order valence-corrected chi connectivity index (χ0v) is 16.4. The predicted molar refractivity (Wildman–Crippen MR) is 107 cm³/mol. The highest BCUT2D eigenvalue weighted by Gasteiger charge is 2.35. The lowest BCUT2D eigenvalue weighted by Gasteiger charge is -2.38. The van der Waals surface area contributed by atoms with Crippen molar-refractivity contribution in [2.24, 2.45) is 0 Å². The normalized spacial score (nSPS) is 16.8. The number of methoxy groups -OCH3 is 1. The van der Waals surface area contributed by atoms with E-state index in [1.807, 2.05) is 54.3 Å². The maximum Gasteiger partial charge on any atom is 0.119 e. The third-order valence-electron chi connectivity index (χ3n) is 5.50. The van der Waals surface area contributed by atoms with Crippen molar-refractivity contribution in [2.45, 2.75) is 31.9 Å². The molecule has 0 spiro atoms. The summed E-state index contributed by atoms with van der Waals surface area (Å²) in [6.45, 7) is 4.40. The Morgan fingerprint density at radius 3 is 2.64 bits per heavy atom. The Balaban J connectivity index is 1.50. The van der Waals surface area contributed by atoms with Gasteiger partial charge in [-0.3, -0.25) is 9.88 Å². The van der Waals surface area contributed by atoms with Gasteiger partial charge in [0.25, 0.3) is 0 Å². The number of ether oxygens (including phenoxy) is 1. The van der Waals surface area contributed by atoms with Gasteiger partial charge < -0.3 is 9.84 Å². The minimum absolute atomic E-state index is 0.671. The second kappa shape index (κ2) is 7.73. The number of nitrogens with zero attached hydrogens (tertiary/aromatic N) is 4. The summed E-state index contributed by atoms with van der Waals surface area (Å²) in [7, 11) is 1.68. The molecule has 2 aromatic heterocycles. The molecule has 1 aliphatic rings. The molecular formula is C22H26N4O2. The van der Waals surface area contributed by atoms with Crippen LogP contribution in [0.3, 0.4) is 0 Å². The average Bonchev–Trinajstić information content (AvgIpc) is 3.25. The molecular weight excluding hydrogens is 352 g/mol. The van der Waals surface area contributed by atoms with Crippen LogP contribution in [-0.2, 0) is 12.1 Å².